The van der Waals surface area contributed by atoms with E-state index in [1.54, 1.807) is 6.33 Å². The van der Waals surface area contributed by atoms with Gasteiger partial charge in [0.2, 0.25) is 5.91 Å². The number of para-hydroxylation sites is 1. The van der Waals surface area contributed by atoms with Crippen LogP contribution in [0.4, 0.5) is 0 Å². The summed E-state index contributed by atoms with van der Waals surface area (Å²) in [4.78, 5) is 10.6. The SMILES string of the molecule is NC(=O)CCCCc1nncn1-c1ccccc1. The highest BCUT2D eigenvalue weighted by Gasteiger charge is 2.05. The molecule has 1 amide bonds. The zero-order chi connectivity index (χ0) is 12.8. The fourth-order valence-electron chi connectivity index (χ4n) is 1.82. The van der Waals surface area contributed by atoms with E-state index in [-0.39, 0.29) is 5.91 Å². The Morgan fingerprint density at radius 2 is 2.00 bits per heavy atom. The topological polar surface area (TPSA) is 73.8 Å². The zero-order valence-corrected chi connectivity index (χ0v) is 10.1. The Balaban J connectivity index is 1.98. The van der Waals surface area contributed by atoms with Crippen molar-refractivity contribution in [2.24, 2.45) is 5.73 Å². The summed E-state index contributed by atoms with van der Waals surface area (Å²) in [5.41, 5.74) is 6.15. The molecule has 0 radical (unpaired) electrons. The fourth-order valence-corrected chi connectivity index (χ4v) is 1.82. The maximum Gasteiger partial charge on any atom is 0.217 e. The van der Waals surface area contributed by atoms with Crippen molar-refractivity contribution in [3.63, 3.8) is 0 Å². The van der Waals surface area contributed by atoms with Crippen molar-refractivity contribution in [3.05, 3.63) is 42.5 Å². The van der Waals surface area contributed by atoms with E-state index in [1.165, 1.54) is 0 Å². The second-order valence-electron chi connectivity index (χ2n) is 4.13. The minimum atomic E-state index is -0.250. The number of nitrogens with zero attached hydrogens (tertiary/aromatic N) is 3. The lowest BCUT2D eigenvalue weighted by Gasteiger charge is -2.05. The second-order valence-corrected chi connectivity index (χ2v) is 4.13. The van der Waals surface area contributed by atoms with Crippen LogP contribution >= 0.6 is 0 Å². The number of aryl methyl sites for hydroxylation is 1. The van der Waals surface area contributed by atoms with Gasteiger partial charge in [0.05, 0.1) is 0 Å². The van der Waals surface area contributed by atoms with Gasteiger partial charge in [0.15, 0.2) is 0 Å². The first-order valence-electron chi connectivity index (χ1n) is 6.00. The highest BCUT2D eigenvalue weighted by Crippen LogP contribution is 2.11. The minimum Gasteiger partial charge on any atom is -0.370 e. The third kappa shape index (κ3) is 3.16. The summed E-state index contributed by atoms with van der Waals surface area (Å²) in [5.74, 6) is 0.658. The van der Waals surface area contributed by atoms with E-state index in [0.29, 0.717) is 6.42 Å². The van der Waals surface area contributed by atoms with E-state index >= 15 is 0 Å². The smallest absolute Gasteiger partial charge is 0.217 e. The molecule has 5 heteroatoms. The van der Waals surface area contributed by atoms with Gasteiger partial charge in [0.25, 0.3) is 0 Å². The Morgan fingerprint density at radius 1 is 1.22 bits per heavy atom. The molecule has 0 aliphatic heterocycles. The summed E-state index contributed by atoms with van der Waals surface area (Å²) >= 11 is 0. The number of nitrogens with two attached hydrogens (primary N) is 1. The molecule has 2 rings (SSSR count). The highest BCUT2D eigenvalue weighted by molar-refractivity contribution is 5.73. The molecule has 1 heterocycles. The molecule has 0 aliphatic carbocycles. The van der Waals surface area contributed by atoms with Crippen LogP contribution in [0.1, 0.15) is 25.1 Å². The fraction of sp³-hybridized carbons (Fsp3) is 0.308. The van der Waals surface area contributed by atoms with Crippen LogP contribution in [-0.2, 0) is 11.2 Å². The van der Waals surface area contributed by atoms with Gasteiger partial charge in [-0.25, -0.2) is 0 Å². The molecule has 1 aromatic carbocycles. The number of carbonyl (C=O) groups is 1. The van der Waals surface area contributed by atoms with Crippen LogP contribution in [0.15, 0.2) is 36.7 Å². The Kier molecular flexibility index (Phi) is 4.06. The first-order chi connectivity index (χ1) is 8.77. The van der Waals surface area contributed by atoms with Crippen molar-refractivity contribution in [2.75, 3.05) is 0 Å². The standard InChI is InChI=1S/C13H16N4O/c14-12(18)8-4-5-9-13-16-15-10-17(13)11-6-2-1-3-7-11/h1-3,6-7,10H,4-5,8-9H2,(H2,14,18). The van der Waals surface area contributed by atoms with E-state index in [2.05, 4.69) is 10.2 Å². The zero-order valence-electron chi connectivity index (χ0n) is 10.1. The van der Waals surface area contributed by atoms with Gasteiger partial charge in [-0.1, -0.05) is 18.2 Å². The Bertz CT molecular complexity index is 507. The lowest BCUT2D eigenvalue weighted by molar-refractivity contribution is -0.118. The van der Waals surface area contributed by atoms with Gasteiger partial charge < -0.3 is 5.73 Å². The molecule has 2 aromatic rings. The van der Waals surface area contributed by atoms with E-state index in [0.717, 1.165) is 30.8 Å². The lowest BCUT2D eigenvalue weighted by Crippen LogP contribution is -2.10. The second kappa shape index (κ2) is 5.95. The number of carbonyl (C=O) groups excluding carboxylic acids is 1. The summed E-state index contributed by atoms with van der Waals surface area (Å²) in [6.45, 7) is 0. The highest BCUT2D eigenvalue weighted by atomic mass is 16.1. The van der Waals surface area contributed by atoms with Gasteiger partial charge in [0.1, 0.15) is 12.2 Å². The first-order valence-corrected chi connectivity index (χ1v) is 6.00. The molecule has 0 saturated heterocycles. The number of hydrogen-bond acceptors (Lipinski definition) is 3. The molecule has 0 saturated carbocycles. The average molecular weight is 244 g/mol. The largest absolute Gasteiger partial charge is 0.370 e. The molecule has 0 spiro atoms. The molecule has 0 bridgehead atoms. The number of hydrogen-bond donors (Lipinski definition) is 1. The summed E-state index contributed by atoms with van der Waals surface area (Å²) in [6.07, 6.45) is 4.60. The summed E-state index contributed by atoms with van der Waals surface area (Å²) in [7, 11) is 0. The molecule has 2 N–H and O–H groups in total. The van der Waals surface area contributed by atoms with Crippen LogP contribution in [0, 0.1) is 0 Å². The normalized spacial score (nSPS) is 10.4. The molecule has 1 aromatic heterocycles. The third-order valence-electron chi connectivity index (χ3n) is 2.73. The van der Waals surface area contributed by atoms with Crippen molar-refractivity contribution in [1.82, 2.24) is 14.8 Å². The monoisotopic (exact) mass is 244 g/mol. The summed E-state index contributed by atoms with van der Waals surface area (Å²) in [5, 5.41) is 8.04. The summed E-state index contributed by atoms with van der Waals surface area (Å²) in [6, 6.07) is 9.95. The number of benzene rings is 1. The van der Waals surface area contributed by atoms with E-state index in [4.69, 9.17) is 5.73 Å². The molecular formula is C13H16N4O. The molecule has 0 unspecified atom stereocenters. The molecule has 18 heavy (non-hydrogen) atoms. The maximum absolute atomic E-state index is 10.6. The van der Waals surface area contributed by atoms with Crippen molar-refractivity contribution in [2.45, 2.75) is 25.7 Å². The van der Waals surface area contributed by atoms with E-state index < -0.39 is 0 Å². The van der Waals surface area contributed by atoms with Crippen LogP contribution in [-0.4, -0.2) is 20.7 Å². The van der Waals surface area contributed by atoms with Gasteiger partial charge in [0, 0.05) is 18.5 Å². The first kappa shape index (κ1) is 12.3. The number of rotatable bonds is 6. The molecular weight excluding hydrogens is 228 g/mol. The molecule has 0 aliphatic rings. The maximum atomic E-state index is 10.6. The number of aromatic nitrogens is 3. The number of unbranched alkanes of at least 4 members (excludes halogenated alkanes) is 1. The van der Waals surface area contributed by atoms with Crippen LogP contribution < -0.4 is 5.73 Å². The summed E-state index contributed by atoms with van der Waals surface area (Å²) < 4.78 is 1.96. The molecule has 0 atom stereocenters. The molecule has 5 nitrogen and oxygen atoms in total. The van der Waals surface area contributed by atoms with Crippen LogP contribution in [0.2, 0.25) is 0 Å². The molecule has 0 fully saturated rings. The minimum absolute atomic E-state index is 0.250. The van der Waals surface area contributed by atoms with Crippen molar-refractivity contribution >= 4 is 5.91 Å². The van der Waals surface area contributed by atoms with Crippen LogP contribution in [0.3, 0.4) is 0 Å². The number of amides is 1. The van der Waals surface area contributed by atoms with Crippen LogP contribution in [0.25, 0.3) is 5.69 Å². The third-order valence-corrected chi connectivity index (χ3v) is 2.73. The Hall–Kier alpha value is -2.17. The van der Waals surface area contributed by atoms with Gasteiger partial charge in [-0.2, -0.15) is 0 Å². The van der Waals surface area contributed by atoms with Gasteiger partial charge >= 0.3 is 0 Å². The Morgan fingerprint density at radius 3 is 2.72 bits per heavy atom. The lowest BCUT2D eigenvalue weighted by atomic mass is 10.2. The predicted molar refractivity (Wildman–Crippen MR) is 68.1 cm³/mol. The van der Waals surface area contributed by atoms with Crippen LogP contribution in [0.5, 0.6) is 0 Å². The van der Waals surface area contributed by atoms with Gasteiger partial charge in [-0.05, 0) is 25.0 Å². The number of primary amides is 1. The molecule has 94 valence electrons. The van der Waals surface area contributed by atoms with Crippen molar-refractivity contribution in [1.29, 1.82) is 0 Å². The quantitative estimate of drug-likeness (QED) is 0.782. The van der Waals surface area contributed by atoms with E-state index in [9.17, 15) is 4.79 Å². The predicted octanol–water partition coefficient (Wildman–Crippen LogP) is 1.47. The van der Waals surface area contributed by atoms with E-state index in [1.807, 2.05) is 34.9 Å². The van der Waals surface area contributed by atoms with Gasteiger partial charge in [-0.3, -0.25) is 9.36 Å². The van der Waals surface area contributed by atoms with Gasteiger partial charge in [-0.15, -0.1) is 10.2 Å². The van der Waals surface area contributed by atoms with Crippen molar-refractivity contribution in [3.8, 4) is 5.69 Å². The van der Waals surface area contributed by atoms with Crippen molar-refractivity contribution < 1.29 is 4.79 Å². The Labute approximate surface area is 106 Å². The average Bonchev–Trinajstić information content (AvgIpc) is 2.84.